The Morgan fingerprint density at radius 1 is 1.25 bits per heavy atom. The molecule has 0 spiro atoms. The first kappa shape index (κ1) is 11.6. The Labute approximate surface area is 98.9 Å². The van der Waals surface area contributed by atoms with Crippen LogP contribution in [-0.2, 0) is 6.42 Å². The van der Waals surface area contributed by atoms with Gasteiger partial charge in [-0.05, 0) is 26.1 Å². The van der Waals surface area contributed by atoms with Crippen LogP contribution in [0.3, 0.4) is 0 Å². The van der Waals surface area contributed by atoms with E-state index in [2.05, 4.69) is 61.0 Å². The lowest BCUT2D eigenvalue weighted by atomic mass is 10.1. The van der Waals surface area contributed by atoms with Crippen LogP contribution in [0.15, 0.2) is 30.3 Å². The average Bonchev–Trinajstić information content (AvgIpc) is 2.55. The van der Waals surface area contributed by atoms with Crippen molar-refractivity contribution >= 4 is 0 Å². The second-order valence-electron chi connectivity index (χ2n) is 4.79. The summed E-state index contributed by atoms with van der Waals surface area (Å²) < 4.78 is 0. The summed E-state index contributed by atoms with van der Waals surface area (Å²) in [7, 11) is 2.24. The van der Waals surface area contributed by atoms with Crippen LogP contribution in [0.4, 0.5) is 0 Å². The van der Waals surface area contributed by atoms with Gasteiger partial charge in [0.05, 0.1) is 6.17 Å². The predicted octanol–water partition coefficient (Wildman–Crippen LogP) is 2.21. The summed E-state index contributed by atoms with van der Waals surface area (Å²) >= 11 is 0. The van der Waals surface area contributed by atoms with Gasteiger partial charge in [0.25, 0.3) is 0 Å². The smallest absolute Gasteiger partial charge is 0.0664 e. The maximum Gasteiger partial charge on any atom is 0.0664 e. The minimum atomic E-state index is 0.572. The lowest BCUT2D eigenvalue weighted by Crippen LogP contribution is -2.40. The first-order valence-electron chi connectivity index (χ1n) is 6.22. The Kier molecular flexibility index (Phi) is 3.62. The molecule has 0 bridgehead atoms. The molecule has 2 nitrogen and oxygen atoms in total. The van der Waals surface area contributed by atoms with Gasteiger partial charge in [0.2, 0.25) is 0 Å². The van der Waals surface area contributed by atoms with Gasteiger partial charge >= 0.3 is 0 Å². The largest absolute Gasteiger partial charge is 0.289 e. The van der Waals surface area contributed by atoms with Crippen LogP contribution in [0, 0.1) is 0 Å². The van der Waals surface area contributed by atoms with Gasteiger partial charge < -0.3 is 0 Å². The van der Waals surface area contributed by atoms with Gasteiger partial charge in [-0.25, -0.2) is 0 Å². The highest BCUT2D eigenvalue weighted by Gasteiger charge is 2.33. The number of benzene rings is 1. The monoisotopic (exact) mass is 218 g/mol. The molecule has 16 heavy (non-hydrogen) atoms. The number of nitrogens with zero attached hydrogens (tertiary/aromatic N) is 2. The Morgan fingerprint density at radius 2 is 1.94 bits per heavy atom. The van der Waals surface area contributed by atoms with Crippen LogP contribution in [0.25, 0.3) is 0 Å². The van der Waals surface area contributed by atoms with Crippen molar-refractivity contribution in [3.05, 3.63) is 35.9 Å². The number of likely N-dealkylation sites (N-methyl/N-ethyl adjacent to an activating group) is 2. The van der Waals surface area contributed by atoms with Crippen molar-refractivity contribution < 1.29 is 0 Å². The van der Waals surface area contributed by atoms with Crippen LogP contribution in [-0.4, -0.2) is 42.1 Å². The van der Waals surface area contributed by atoms with Gasteiger partial charge in [-0.3, -0.25) is 9.80 Å². The maximum atomic E-state index is 2.59. The number of hydrogen-bond donors (Lipinski definition) is 0. The third-order valence-corrected chi connectivity index (χ3v) is 3.64. The molecule has 1 fully saturated rings. The molecule has 1 heterocycles. The predicted molar refractivity (Wildman–Crippen MR) is 68.4 cm³/mol. The lowest BCUT2D eigenvalue weighted by Gasteiger charge is -2.28. The quantitative estimate of drug-likeness (QED) is 0.767. The summed E-state index contributed by atoms with van der Waals surface area (Å²) in [6.07, 6.45) is 1.71. The van der Waals surface area contributed by atoms with Gasteiger partial charge in [0.1, 0.15) is 0 Å². The van der Waals surface area contributed by atoms with Gasteiger partial charge in [0.15, 0.2) is 0 Å². The average molecular weight is 218 g/mol. The molecule has 0 aromatic heterocycles. The minimum Gasteiger partial charge on any atom is -0.289 e. The molecule has 0 saturated carbocycles. The number of rotatable bonds is 3. The lowest BCUT2D eigenvalue weighted by molar-refractivity contribution is 0.147. The normalized spacial score (nSPS) is 27.4. The third kappa shape index (κ3) is 2.28. The van der Waals surface area contributed by atoms with E-state index in [9.17, 15) is 0 Å². The van der Waals surface area contributed by atoms with Crippen molar-refractivity contribution in [2.45, 2.75) is 32.5 Å². The van der Waals surface area contributed by atoms with E-state index in [4.69, 9.17) is 0 Å². The molecule has 0 amide bonds. The second kappa shape index (κ2) is 4.98. The molecule has 1 aliphatic rings. The van der Waals surface area contributed by atoms with Crippen molar-refractivity contribution in [3.8, 4) is 0 Å². The van der Waals surface area contributed by atoms with Gasteiger partial charge in [-0.15, -0.1) is 0 Å². The highest BCUT2D eigenvalue weighted by atomic mass is 15.4. The van der Waals surface area contributed by atoms with E-state index in [0.717, 1.165) is 13.0 Å². The van der Waals surface area contributed by atoms with Crippen molar-refractivity contribution in [3.63, 3.8) is 0 Å². The molecule has 0 radical (unpaired) electrons. The fraction of sp³-hybridized carbons (Fsp3) is 0.571. The summed E-state index contributed by atoms with van der Waals surface area (Å²) in [5.74, 6) is 0. The van der Waals surface area contributed by atoms with E-state index in [1.807, 2.05) is 0 Å². The van der Waals surface area contributed by atoms with Gasteiger partial charge in [-0.2, -0.15) is 0 Å². The highest BCUT2D eigenvalue weighted by molar-refractivity contribution is 5.16. The zero-order chi connectivity index (χ0) is 11.5. The van der Waals surface area contributed by atoms with Crippen LogP contribution in [0.2, 0.25) is 0 Å². The van der Waals surface area contributed by atoms with E-state index < -0.39 is 0 Å². The Morgan fingerprint density at radius 3 is 2.56 bits per heavy atom. The SMILES string of the molecule is CCN1C(C)CN(C)C1Cc1ccccc1. The number of hydrogen-bond acceptors (Lipinski definition) is 2. The van der Waals surface area contributed by atoms with Crippen molar-refractivity contribution in [1.29, 1.82) is 0 Å². The molecule has 1 aromatic rings. The zero-order valence-electron chi connectivity index (χ0n) is 10.6. The van der Waals surface area contributed by atoms with Crippen LogP contribution >= 0.6 is 0 Å². The standard InChI is InChI=1S/C14H22N2/c1-4-16-12(2)11-15(3)14(16)10-13-8-6-5-7-9-13/h5-9,12,14H,4,10-11H2,1-3H3. The van der Waals surface area contributed by atoms with Crippen molar-refractivity contribution in [1.82, 2.24) is 9.80 Å². The molecule has 2 rings (SSSR count). The van der Waals surface area contributed by atoms with Gasteiger partial charge in [0, 0.05) is 19.0 Å². The summed E-state index contributed by atoms with van der Waals surface area (Å²) in [5, 5.41) is 0. The topological polar surface area (TPSA) is 6.48 Å². The Bertz CT molecular complexity index is 323. The van der Waals surface area contributed by atoms with E-state index in [0.29, 0.717) is 12.2 Å². The molecule has 0 N–H and O–H groups in total. The second-order valence-corrected chi connectivity index (χ2v) is 4.79. The molecule has 2 atom stereocenters. The fourth-order valence-corrected chi connectivity index (χ4v) is 2.81. The van der Waals surface area contributed by atoms with Crippen molar-refractivity contribution in [2.24, 2.45) is 0 Å². The van der Waals surface area contributed by atoms with Crippen LogP contribution in [0.1, 0.15) is 19.4 Å². The Balaban J connectivity index is 2.08. The van der Waals surface area contributed by atoms with Crippen LogP contribution in [0.5, 0.6) is 0 Å². The highest BCUT2D eigenvalue weighted by Crippen LogP contribution is 2.21. The molecule has 2 heteroatoms. The molecule has 1 aliphatic heterocycles. The van der Waals surface area contributed by atoms with E-state index in [1.54, 1.807) is 0 Å². The molecule has 1 aromatic carbocycles. The third-order valence-electron chi connectivity index (χ3n) is 3.64. The van der Waals surface area contributed by atoms with Gasteiger partial charge in [-0.1, -0.05) is 37.3 Å². The first-order valence-corrected chi connectivity index (χ1v) is 6.22. The first-order chi connectivity index (χ1) is 7.72. The zero-order valence-corrected chi connectivity index (χ0v) is 10.6. The van der Waals surface area contributed by atoms with E-state index in [-0.39, 0.29) is 0 Å². The molecular weight excluding hydrogens is 196 g/mol. The summed E-state index contributed by atoms with van der Waals surface area (Å²) in [4.78, 5) is 5.06. The minimum absolute atomic E-state index is 0.572. The maximum absolute atomic E-state index is 2.59. The summed E-state index contributed by atoms with van der Waals surface area (Å²) in [6, 6.07) is 11.5. The van der Waals surface area contributed by atoms with Crippen molar-refractivity contribution in [2.75, 3.05) is 20.1 Å². The summed E-state index contributed by atoms with van der Waals surface area (Å²) in [5.41, 5.74) is 1.44. The van der Waals surface area contributed by atoms with E-state index in [1.165, 1.54) is 12.1 Å². The van der Waals surface area contributed by atoms with Crippen LogP contribution < -0.4 is 0 Å². The Hall–Kier alpha value is -0.860. The molecule has 2 unspecified atom stereocenters. The summed E-state index contributed by atoms with van der Waals surface area (Å²) in [6.45, 7) is 6.91. The molecule has 1 saturated heterocycles. The fourth-order valence-electron chi connectivity index (χ4n) is 2.81. The van der Waals surface area contributed by atoms with E-state index >= 15 is 0 Å². The molecule has 88 valence electrons. The molecular formula is C14H22N2. The molecule has 0 aliphatic carbocycles.